The van der Waals surface area contributed by atoms with Gasteiger partial charge in [0.25, 0.3) is 0 Å². The molecule has 1 aliphatic rings. The van der Waals surface area contributed by atoms with Gasteiger partial charge < -0.3 is 9.64 Å². The maximum atomic E-state index is 12.5. The van der Waals surface area contributed by atoms with E-state index in [0.717, 1.165) is 42.3 Å². The van der Waals surface area contributed by atoms with Crippen LogP contribution in [0.25, 0.3) is 0 Å². The van der Waals surface area contributed by atoms with Crippen molar-refractivity contribution in [1.82, 2.24) is 30.1 Å². The molecule has 1 saturated heterocycles. The second-order valence-electron chi connectivity index (χ2n) is 8.17. The van der Waals surface area contributed by atoms with Gasteiger partial charge in [-0.15, -0.1) is 5.10 Å². The van der Waals surface area contributed by atoms with Crippen molar-refractivity contribution in [1.29, 1.82) is 0 Å². The minimum absolute atomic E-state index is 0.273. The molecule has 0 N–H and O–H groups in total. The molecule has 0 saturated carbocycles. The fourth-order valence-electron chi connectivity index (χ4n) is 3.63. The molecule has 4 rings (SSSR count). The normalized spacial score (nSPS) is 14.5. The Morgan fingerprint density at radius 3 is 2.56 bits per heavy atom. The lowest BCUT2D eigenvalue weighted by atomic mass is 9.99. The van der Waals surface area contributed by atoms with Crippen LogP contribution in [0, 0.1) is 12.8 Å². The summed E-state index contributed by atoms with van der Waals surface area (Å²) in [5.41, 5.74) is 3.45. The molecule has 0 spiro atoms. The summed E-state index contributed by atoms with van der Waals surface area (Å²) in [7, 11) is 1.84. The zero-order chi connectivity index (χ0) is 22.3. The molecule has 0 atom stereocenters. The van der Waals surface area contributed by atoms with Gasteiger partial charge in [0, 0.05) is 37.8 Å². The number of amides is 1. The fourth-order valence-corrected chi connectivity index (χ4v) is 4.66. The van der Waals surface area contributed by atoms with Crippen molar-refractivity contribution in [3.8, 4) is 5.75 Å². The number of nitrogens with zero attached hydrogens (tertiary/aromatic N) is 6. The smallest absolute Gasteiger partial charge is 0.410 e. The molecule has 1 aromatic carbocycles. The third-order valence-electron chi connectivity index (χ3n) is 5.67. The van der Waals surface area contributed by atoms with Gasteiger partial charge in [0.1, 0.15) is 5.75 Å². The molecule has 1 aliphatic heterocycles. The monoisotopic (exact) mass is 452 g/mol. The Morgan fingerprint density at radius 2 is 1.91 bits per heavy atom. The van der Waals surface area contributed by atoms with Gasteiger partial charge in [-0.2, -0.15) is 0 Å². The summed E-state index contributed by atoms with van der Waals surface area (Å²) >= 11 is 1.67. The van der Waals surface area contributed by atoms with E-state index in [9.17, 15) is 4.79 Å². The van der Waals surface area contributed by atoms with Crippen LogP contribution in [-0.2, 0) is 19.9 Å². The third kappa shape index (κ3) is 6.06. The summed E-state index contributed by atoms with van der Waals surface area (Å²) in [5, 5.41) is 12.3. The van der Waals surface area contributed by atoms with E-state index in [1.54, 1.807) is 21.3 Å². The first-order valence-corrected chi connectivity index (χ1v) is 11.9. The summed E-state index contributed by atoms with van der Waals surface area (Å²) in [6.07, 6.45) is 5.33. The van der Waals surface area contributed by atoms with Crippen LogP contribution in [0.15, 0.2) is 47.8 Å². The van der Waals surface area contributed by atoms with Gasteiger partial charge in [-0.3, -0.25) is 4.98 Å². The average Bonchev–Trinajstić information content (AvgIpc) is 3.23. The number of rotatable bonds is 7. The number of hydrogen-bond acceptors (Lipinski definition) is 7. The molecule has 32 heavy (non-hydrogen) atoms. The van der Waals surface area contributed by atoms with Gasteiger partial charge in [0.05, 0.1) is 0 Å². The van der Waals surface area contributed by atoms with Crippen LogP contribution >= 0.6 is 11.8 Å². The second kappa shape index (κ2) is 10.6. The van der Waals surface area contributed by atoms with E-state index in [1.165, 1.54) is 11.1 Å². The molecule has 3 aromatic rings. The number of hydrogen-bond donors (Lipinski definition) is 0. The maximum absolute atomic E-state index is 12.5. The average molecular weight is 453 g/mol. The molecule has 0 aliphatic carbocycles. The molecule has 3 heterocycles. The van der Waals surface area contributed by atoms with E-state index < -0.39 is 0 Å². The predicted octanol–water partition coefficient (Wildman–Crippen LogP) is 3.70. The van der Waals surface area contributed by atoms with Crippen molar-refractivity contribution in [3.63, 3.8) is 0 Å². The Kier molecular flexibility index (Phi) is 7.36. The first kappa shape index (κ1) is 22.3. The third-order valence-corrected chi connectivity index (χ3v) is 6.92. The predicted molar refractivity (Wildman–Crippen MR) is 123 cm³/mol. The number of thioether (sulfide) groups is 1. The lowest BCUT2D eigenvalue weighted by Gasteiger charge is -2.30. The van der Waals surface area contributed by atoms with Crippen LogP contribution < -0.4 is 4.74 Å². The van der Waals surface area contributed by atoms with Gasteiger partial charge in [0.15, 0.2) is 0 Å². The van der Waals surface area contributed by atoms with Crippen molar-refractivity contribution >= 4 is 17.9 Å². The Hall–Kier alpha value is -2.94. The van der Waals surface area contributed by atoms with Crippen molar-refractivity contribution < 1.29 is 9.53 Å². The number of piperidine rings is 1. The molecule has 8 nitrogen and oxygen atoms in total. The lowest BCUT2D eigenvalue weighted by Crippen LogP contribution is -2.40. The first-order valence-electron chi connectivity index (χ1n) is 10.9. The Morgan fingerprint density at radius 1 is 1.12 bits per heavy atom. The van der Waals surface area contributed by atoms with Gasteiger partial charge in [-0.25, -0.2) is 9.48 Å². The topological polar surface area (TPSA) is 86.0 Å². The number of likely N-dealkylation sites (tertiary alicyclic amines) is 1. The maximum Gasteiger partial charge on any atom is 0.415 e. The van der Waals surface area contributed by atoms with Crippen LogP contribution in [0.2, 0.25) is 0 Å². The van der Waals surface area contributed by atoms with E-state index in [0.29, 0.717) is 24.8 Å². The van der Waals surface area contributed by atoms with E-state index in [-0.39, 0.29) is 6.09 Å². The van der Waals surface area contributed by atoms with Crippen LogP contribution in [0.1, 0.15) is 29.7 Å². The van der Waals surface area contributed by atoms with Crippen LogP contribution in [0.5, 0.6) is 5.75 Å². The summed E-state index contributed by atoms with van der Waals surface area (Å²) in [5.74, 6) is 2.08. The molecular weight excluding hydrogens is 424 g/mol. The number of carbonyl (C=O) groups excluding carboxylic acids is 1. The Balaban J connectivity index is 1.19. The second-order valence-corrected chi connectivity index (χ2v) is 9.15. The van der Waals surface area contributed by atoms with E-state index >= 15 is 0 Å². The minimum Gasteiger partial charge on any atom is -0.410 e. The summed E-state index contributed by atoms with van der Waals surface area (Å²) in [4.78, 5) is 18.8. The zero-order valence-electron chi connectivity index (χ0n) is 18.5. The molecule has 0 radical (unpaired) electrons. The van der Waals surface area contributed by atoms with Crippen molar-refractivity contribution in [3.05, 3.63) is 59.4 Å². The highest BCUT2D eigenvalue weighted by atomic mass is 32.2. The van der Waals surface area contributed by atoms with Crippen molar-refractivity contribution in [2.75, 3.05) is 18.8 Å². The number of ether oxygens (including phenoxy) is 1. The largest absolute Gasteiger partial charge is 0.415 e. The molecule has 0 unspecified atom stereocenters. The van der Waals surface area contributed by atoms with Gasteiger partial charge >= 0.3 is 6.09 Å². The van der Waals surface area contributed by atoms with Crippen LogP contribution in [0.3, 0.4) is 0 Å². The van der Waals surface area contributed by atoms with Crippen LogP contribution in [0.4, 0.5) is 4.79 Å². The quantitative estimate of drug-likeness (QED) is 0.505. The lowest BCUT2D eigenvalue weighted by molar-refractivity contribution is 0.134. The first-order chi connectivity index (χ1) is 15.6. The minimum atomic E-state index is -0.273. The molecule has 1 amide bonds. The highest BCUT2D eigenvalue weighted by molar-refractivity contribution is 7.99. The summed E-state index contributed by atoms with van der Waals surface area (Å²) in [6.45, 7) is 3.46. The molecule has 0 bridgehead atoms. The Bertz CT molecular complexity index is 1010. The van der Waals surface area contributed by atoms with Crippen molar-refractivity contribution in [2.45, 2.75) is 37.8 Å². The number of benzene rings is 1. The molecule has 168 valence electrons. The standard InChI is InChI=1S/C23H28N6O2S/c1-17-3-7-20(24-15-17)8-4-18-5-9-21(10-6-18)31-23(30)29-13-11-19(12-14-29)16-32-22-25-26-27-28(22)2/h3,5-7,9-10,15,19H,4,8,11-14,16H2,1-2H3. The summed E-state index contributed by atoms with van der Waals surface area (Å²) < 4.78 is 7.28. The number of carbonyl (C=O) groups is 1. The van der Waals surface area contributed by atoms with E-state index in [1.807, 2.05) is 44.4 Å². The number of pyridine rings is 1. The summed E-state index contributed by atoms with van der Waals surface area (Å²) in [6, 6.07) is 11.9. The number of tetrazole rings is 1. The fraction of sp³-hybridized carbons (Fsp3) is 0.435. The molecular formula is C23H28N6O2S. The van der Waals surface area contributed by atoms with Gasteiger partial charge in [0.2, 0.25) is 5.16 Å². The van der Waals surface area contributed by atoms with Gasteiger partial charge in [-0.1, -0.05) is 30.0 Å². The van der Waals surface area contributed by atoms with Crippen molar-refractivity contribution in [2.24, 2.45) is 13.0 Å². The van der Waals surface area contributed by atoms with Crippen LogP contribution in [-0.4, -0.2) is 55.0 Å². The zero-order valence-corrected chi connectivity index (χ0v) is 19.3. The van der Waals surface area contributed by atoms with E-state index in [2.05, 4.69) is 32.6 Å². The SMILES string of the molecule is Cc1ccc(CCc2ccc(OC(=O)N3CCC(CSc4nnnn4C)CC3)cc2)nc1. The Labute approximate surface area is 192 Å². The highest BCUT2D eigenvalue weighted by Crippen LogP contribution is 2.25. The van der Waals surface area contributed by atoms with Gasteiger partial charge in [-0.05, 0) is 78.3 Å². The molecule has 9 heteroatoms. The highest BCUT2D eigenvalue weighted by Gasteiger charge is 2.24. The molecule has 2 aromatic heterocycles. The molecule has 1 fully saturated rings. The van der Waals surface area contributed by atoms with E-state index in [4.69, 9.17) is 4.74 Å². The number of aromatic nitrogens is 5. The number of aryl methyl sites for hydroxylation is 4.